The summed E-state index contributed by atoms with van der Waals surface area (Å²) in [6.07, 6.45) is 2.20. The van der Waals surface area contributed by atoms with Crippen LogP contribution < -0.4 is 5.32 Å². The van der Waals surface area contributed by atoms with Crippen LogP contribution in [0, 0.1) is 6.92 Å². The number of carbonyl (C=O) groups excluding carboxylic acids is 1. The first-order valence-corrected chi connectivity index (χ1v) is 4.68. The molecular weight excluding hydrogens is 174 g/mol. The molecule has 12 heavy (non-hydrogen) atoms. The summed E-state index contributed by atoms with van der Waals surface area (Å²) in [5.41, 5.74) is 0. The van der Waals surface area contributed by atoms with Gasteiger partial charge in [0, 0.05) is 6.04 Å². The van der Waals surface area contributed by atoms with E-state index >= 15 is 0 Å². The number of rotatable bonds is 2. The predicted octanol–water partition coefficient (Wildman–Crippen LogP) is 0.739. The van der Waals surface area contributed by atoms with Crippen molar-refractivity contribution in [2.45, 2.75) is 25.8 Å². The Labute approximate surface area is 74.0 Å². The molecule has 0 aliphatic heterocycles. The summed E-state index contributed by atoms with van der Waals surface area (Å²) in [5, 5.41) is 11.7. The third kappa shape index (κ3) is 1.61. The van der Waals surface area contributed by atoms with Gasteiger partial charge in [0.2, 0.25) is 5.01 Å². The Bertz CT molecular complexity index is 305. The fraction of sp³-hybridized carbons (Fsp3) is 0.571. The molecule has 0 saturated heterocycles. The van der Waals surface area contributed by atoms with E-state index in [1.54, 1.807) is 0 Å². The minimum Gasteiger partial charge on any atom is -0.347 e. The van der Waals surface area contributed by atoms with Crippen molar-refractivity contribution < 1.29 is 4.79 Å². The monoisotopic (exact) mass is 183 g/mol. The van der Waals surface area contributed by atoms with E-state index in [9.17, 15) is 4.79 Å². The number of nitrogens with zero attached hydrogens (tertiary/aromatic N) is 2. The van der Waals surface area contributed by atoms with Crippen LogP contribution >= 0.6 is 11.3 Å². The van der Waals surface area contributed by atoms with Gasteiger partial charge in [0.05, 0.1) is 0 Å². The minimum atomic E-state index is -0.0805. The van der Waals surface area contributed by atoms with Crippen LogP contribution in [0.1, 0.15) is 27.7 Å². The number of nitrogens with one attached hydrogen (secondary N) is 1. The van der Waals surface area contributed by atoms with Crippen molar-refractivity contribution in [1.82, 2.24) is 15.5 Å². The molecule has 0 atom stereocenters. The molecule has 64 valence electrons. The second kappa shape index (κ2) is 2.82. The molecule has 1 fully saturated rings. The molecule has 0 unspecified atom stereocenters. The molecule has 1 aliphatic rings. The van der Waals surface area contributed by atoms with Crippen LogP contribution in [0.15, 0.2) is 0 Å². The normalized spacial score (nSPS) is 16.1. The van der Waals surface area contributed by atoms with Crippen molar-refractivity contribution in [2.24, 2.45) is 0 Å². The van der Waals surface area contributed by atoms with Crippen LogP contribution in [-0.2, 0) is 0 Å². The molecule has 0 radical (unpaired) electrons. The SMILES string of the molecule is Cc1nnc(C(=O)NC2CC2)s1. The lowest BCUT2D eigenvalue weighted by molar-refractivity contribution is 0.0950. The summed E-state index contributed by atoms with van der Waals surface area (Å²) >= 11 is 1.33. The Morgan fingerprint density at radius 1 is 1.58 bits per heavy atom. The molecule has 0 bridgehead atoms. The molecule has 0 spiro atoms. The van der Waals surface area contributed by atoms with Crippen molar-refractivity contribution in [2.75, 3.05) is 0 Å². The van der Waals surface area contributed by atoms with E-state index in [1.807, 2.05) is 6.92 Å². The zero-order valence-corrected chi connectivity index (χ0v) is 7.52. The zero-order valence-electron chi connectivity index (χ0n) is 6.70. The van der Waals surface area contributed by atoms with Gasteiger partial charge in [-0.05, 0) is 19.8 Å². The number of aromatic nitrogens is 2. The molecule has 1 N–H and O–H groups in total. The molecule has 5 heteroatoms. The van der Waals surface area contributed by atoms with Gasteiger partial charge < -0.3 is 5.32 Å². The highest BCUT2D eigenvalue weighted by Crippen LogP contribution is 2.19. The Morgan fingerprint density at radius 2 is 2.33 bits per heavy atom. The molecular formula is C7H9N3OS. The lowest BCUT2D eigenvalue weighted by atomic mass is 10.6. The molecule has 1 aromatic heterocycles. The van der Waals surface area contributed by atoms with Gasteiger partial charge in [-0.2, -0.15) is 0 Å². The van der Waals surface area contributed by atoms with E-state index in [1.165, 1.54) is 11.3 Å². The molecule has 1 aliphatic carbocycles. The maximum Gasteiger partial charge on any atom is 0.282 e. The van der Waals surface area contributed by atoms with Crippen LogP contribution in [-0.4, -0.2) is 22.1 Å². The van der Waals surface area contributed by atoms with E-state index in [0.717, 1.165) is 17.8 Å². The number of aryl methyl sites for hydroxylation is 1. The zero-order chi connectivity index (χ0) is 8.55. The average molecular weight is 183 g/mol. The van der Waals surface area contributed by atoms with Crippen LogP contribution in [0.5, 0.6) is 0 Å². The van der Waals surface area contributed by atoms with Gasteiger partial charge in [0.1, 0.15) is 5.01 Å². The predicted molar refractivity (Wildman–Crippen MR) is 45.1 cm³/mol. The summed E-state index contributed by atoms with van der Waals surface area (Å²) < 4.78 is 0. The largest absolute Gasteiger partial charge is 0.347 e. The van der Waals surface area contributed by atoms with Crippen molar-refractivity contribution in [3.8, 4) is 0 Å². The maximum absolute atomic E-state index is 11.3. The molecule has 0 aromatic carbocycles. The first-order chi connectivity index (χ1) is 5.75. The highest BCUT2D eigenvalue weighted by Gasteiger charge is 2.25. The summed E-state index contributed by atoms with van der Waals surface area (Å²) in [5.74, 6) is -0.0805. The summed E-state index contributed by atoms with van der Waals surface area (Å²) in [6, 6.07) is 0.390. The average Bonchev–Trinajstić information content (AvgIpc) is 2.72. The van der Waals surface area contributed by atoms with Gasteiger partial charge >= 0.3 is 0 Å². The van der Waals surface area contributed by atoms with Crippen molar-refractivity contribution in [3.05, 3.63) is 10.0 Å². The Hall–Kier alpha value is -0.970. The van der Waals surface area contributed by atoms with E-state index in [0.29, 0.717) is 11.0 Å². The third-order valence-electron chi connectivity index (χ3n) is 1.63. The third-order valence-corrected chi connectivity index (χ3v) is 2.47. The van der Waals surface area contributed by atoms with Gasteiger partial charge in [-0.1, -0.05) is 11.3 Å². The van der Waals surface area contributed by atoms with E-state index in [-0.39, 0.29) is 5.91 Å². The van der Waals surface area contributed by atoms with Gasteiger partial charge in [-0.25, -0.2) is 0 Å². The van der Waals surface area contributed by atoms with Gasteiger partial charge in [0.25, 0.3) is 5.91 Å². The smallest absolute Gasteiger partial charge is 0.282 e. The number of hydrogen-bond acceptors (Lipinski definition) is 4. The quantitative estimate of drug-likeness (QED) is 0.735. The van der Waals surface area contributed by atoms with Crippen molar-refractivity contribution in [1.29, 1.82) is 0 Å². The highest BCUT2D eigenvalue weighted by molar-refractivity contribution is 7.13. The first-order valence-electron chi connectivity index (χ1n) is 3.86. The molecule has 1 saturated carbocycles. The van der Waals surface area contributed by atoms with Crippen LogP contribution in [0.2, 0.25) is 0 Å². The second-order valence-electron chi connectivity index (χ2n) is 2.87. The minimum absolute atomic E-state index is 0.0805. The Kier molecular flexibility index (Phi) is 1.80. The van der Waals surface area contributed by atoms with Gasteiger partial charge in [0.15, 0.2) is 0 Å². The van der Waals surface area contributed by atoms with Gasteiger partial charge in [-0.15, -0.1) is 10.2 Å². The summed E-state index contributed by atoms with van der Waals surface area (Å²) in [7, 11) is 0. The highest BCUT2D eigenvalue weighted by atomic mass is 32.1. The van der Waals surface area contributed by atoms with Crippen LogP contribution in [0.3, 0.4) is 0 Å². The first kappa shape index (κ1) is 7.67. The van der Waals surface area contributed by atoms with Crippen LogP contribution in [0.25, 0.3) is 0 Å². The number of hydrogen-bond donors (Lipinski definition) is 1. The van der Waals surface area contributed by atoms with Crippen molar-refractivity contribution >= 4 is 17.2 Å². The van der Waals surface area contributed by atoms with Crippen LogP contribution in [0.4, 0.5) is 0 Å². The molecule has 4 nitrogen and oxygen atoms in total. The maximum atomic E-state index is 11.3. The summed E-state index contributed by atoms with van der Waals surface area (Å²) in [4.78, 5) is 11.3. The van der Waals surface area contributed by atoms with Crippen molar-refractivity contribution in [3.63, 3.8) is 0 Å². The lowest BCUT2D eigenvalue weighted by Crippen LogP contribution is -2.25. The fourth-order valence-electron chi connectivity index (χ4n) is 0.863. The van der Waals surface area contributed by atoms with E-state index in [4.69, 9.17) is 0 Å². The summed E-state index contributed by atoms with van der Waals surface area (Å²) in [6.45, 7) is 1.84. The fourth-order valence-corrected chi connectivity index (χ4v) is 1.46. The lowest BCUT2D eigenvalue weighted by Gasteiger charge is -1.96. The molecule has 1 amide bonds. The second-order valence-corrected chi connectivity index (χ2v) is 4.06. The van der Waals surface area contributed by atoms with E-state index < -0.39 is 0 Å². The topological polar surface area (TPSA) is 54.9 Å². The molecule has 1 aromatic rings. The van der Waals surface area contributed by atoms with Gasteiger partial charge in [-0.3, -0.25) is 4.79 Å². The number of carbonyl (C=O) groups is 1. The standard InChI is InChI=1S/C7H9N3OS/c1-4-9-10-7(12-4)6(11)8-5-2-3-5/h5H,2-3H2,1H3,(H,8,11). The van der Waals surface area contributed by atoms with E-state index in [2.05, 4.69) is 15.5 Å². The molecule has 2 rings (SSSR count). The molecule has 1 heterocycles. The Morgan fingerprint density at radius 3 is 2.83 bits per heavy atom. The number of amides is 1. The Balaban J connectivity index is 2.03.